The van der Waals surface area contributed by atoms with Crippen LogP contribution in [0.15, 0.2) is 36.5 Å². The number of rotatable bonds is 2. The van der Waals surface area contributed by atoms with Gasteiger partial charge in [0.05, 0.1) is 5.69 Å². The number of fused-ring (bicyclic) bond motifs is 1. The molecule has 0 saturated carbocycles. The molecule has 4 rings (SSSR count). The third kappa shape index (κ3) is 1.69. The van der Waals surface area contributed by atoms with E-state index in [1.54, 1.807) is 22.8 Å². The minimum Gasteiger partial charge on any atom is -0.275 e. The van der Waals surface area contributed by atoms with Gasteiger partial charge in [0.15, 0.2) is 10.8 Å². The van der Waals surface area contributed by atoms with E-state index in [2.05, 4.69) is 25.5 Å². The topological polar surface area (TPSA) is 71.8 Å². The van der Waals surface area contributed by atoms with Crippen molar-refractivity contribution in [2.45, 2.75) is 0 Å². The Morgan fingerprint density at radius 1 is 1.20 bits per heavy atom. The van der Waals surface area contributed by atoms with E-state index >= 15 is 0 Å². The van der Waals surface area contributed by atoms with E-state index in [0.29, 0.717) is 16.3 Å². The van der Waals surface area contributed by atoms with Crippen LogP contribution >= 0.6 is 11.3 Å². The Morgan fingerprint density at radius 3 is 2.95 bits per heavy atom. The highest BCUT2D eigenvalue weighted by Crippen LogP contribution is 2.26. The molecule has 0 fully saturated rings. The van der Waals surface area contributed by atoms with Crippen LogP contribution in [0, 0.1) is 5.82 Å². The maximum atomic E-state index is 13.3. The van der Waals surface area contributed by atoms with Gasteiger partial charge in [-0.1, -0.05) is 23.5 Å². The number of H-pyrrole nitrogens is 1. The highest BCUT2D eigenvalue weighted by Gasteiger charge is 2.15. The molecule has 0 radical (unpaired) electrons. The molecule has 8 heteroatoms. The molecule has 0 aliphatic rings. The van der Waals surface area contributed by atoms with Crippen LogP contribution in [-0.2, 0) is 0 Å². The molecule has 4 aromatic rings. The monoisotopic (exact) mass is 286 g/mol. The fraction of sp³-hybridized carbons (Fsp3) is 0. The molecule has 20 heavy (non-hydrogen) atoms. The Labute approximate surface area is 115 Å². The van der Waals surface area contributed by atoms with Crippen molar-refractivity contribution in [2.24, 2.45) is 0 Å². The number of benzene rings is 1. The number of nitrogens with one attached hydrogen (secondary N) is 1. The summed E-state index contributed by atoms with van der Waals surface area (Å²) in [5.41, 5.74) is 1.45. The maximum absolute atomic E-state index is 13.3. The first-order valence-electron chi connectivity index (χ1n) is 5.79. The quantitative estimate of drug-likeness (QED) is 0.614. The first kappa shape index (κ1) is 11.2. The van der Waals surface area contributed by atoms with E-state index in [4.69, 9.17) is 0 Å². The van der Waals surface area contributed by atoms with Gasteiger partial charge in [0.1, 0.15) is 5.82 Å². The van der Waals surface area contributed by atoms with Gasteiger partial charge in [0.2, 0.25) is 4.96 Å². The lowest BCUT2D eigenvalue weighted by Crippen LogP contribution is -1.91. The number of aromatic amines is 1. The van der Waals surface area contributed by atoms with Crippen LogP contribution in [0.4, 0.5) is 4.39 Å². The molecule has 3 aromatic heterocycles. The molecule has 0 aliphatic heterocycles. The fourth-order valence-corrected chi connectivity index (χ4v) is 2.72. The van der Waals surface area contributed by atoms with E-state index in [0.717, 1.165) is 10.7 Å². The zero-order valence-corrected chi connectivity index (χ0v) is 10.8. The number of nitrogens with zero attached hydrogens (tertiary/aromatic N) is 5. The average molecular weight is 286 g/mol. The molecule has 6 nitrogen and oxygen atoms in total. The molecule has 1 N–H and O–H groups in total. The summed E-state index contributed by atoms with van der Waals surface area (Å²) in [6.45, 7) is 0. The molecule has 1 aromatic carbocycles. The zero-order valence-electron chi connectivity index (χ0n) is 9.99. The summed E-state index contributed by atoms with van der Waals surface area (Å²) in [5, 5.41) is 20.1. The molecular weight excluding hydrogens is 279 g/mol. The van der Waals surface area contributed by atoms with Gasteiger partial charge < -0.3 is 0 Å². The fourth-order valence-electron chi connectivity index (χ4n) is 1.91. The second-order valence-corrected chi connectivity index (χ2v) is 5.06. The van der Waals surface area contributed by atoms with Gasteiger partial charge in [-0.15, -0.1) is 10.2 Å². The van der Waals surface area contributed by atoms with Crippen molar-refractivity contribution < 1.29 is 4.39 Å². The minimum atomic E-state index is -0.316. The Bertz CT molecular complexity index is 879. The van der Waals surface area contributed by atoms with Crippen molar-refractivity contribution in [1.29, 1.82) is 0 Å². The van der Waals surface area contributed by atoms with Gasteiger partial charge in [-0.2, -0.15) is 14.7 Å². The van der Waals surface area contributed by atoms with E-state index in [9.17, 15) is 4.39 Å². The van der Waals surface area contributed by atoms with E-state index in [1.165, 1.54) is 23.5 Å². The Morgan fingerprint density at radius 2 is 2.15 bits per heavy atom. The third-order valence-electron chi connectivity index (χ3n) is 2.80. The van der Waals surface area contributed by atoms with Crippen molar-refractivity contribution in [3.8, 4) is 22.1 Å². The number of hydrogen-bond donors (Lipinski definition) is 1. The first-order valence-corrected chi connectivity index (χ1v) is 6.61. The molecular formula is C12H7FN6S. The summed E-state index contributed by atoms with van der Waals surface area (Å²) < 4.78 is 14.9. The van der Waals surface area contributed by atoms with Crippen LogP contribution in [0.1, 0.15) is 0 Å². The lowest BCUT2D eigenvalue weighted by atomic mass is 10.2. The highest BCUT2D eigenvalue weighted by atomic mass is 32.1. The molecule has 0 atom stereocenters. The van der Waals surface area contributed by atoms with E-state index in [1.807, 2.05) is 6.07 Å². The average Bonchev–Trinajstić information content (AvgIpc) is 3.14. The van der Waals surface area contributed by atoms with Crippen LogP contribution < -0.4 is 0 Å². The first-order chi connectivity index (χ1) is 9.81. The number of aromatic nitrogens is 6. The molecule has 3 heterocycles. The van der Waals surface area contributed by atoms with E-state index in [-0.39, 0.29) is 5.82 Å². The van der Waals surface area contributed by atoms with Crippen molar-refractivity contribution >= 4 is 16.3 Å². The predicted molar refractivity (Wildman–Crippen MR) is 71.6 cm³/mol. The smallest absolute Gasteiger partial charge is 0.235 e. The van der Waals surface area contributed by atoms with Gasteiger partial charge in [-0.3, -0.25) is 5.10 Å². The molecule has 0 amide bonds. The number of hydrogen-bond acceptors (Lipinski definition) is 5. The molecule has 0 unspecified atom stereocenters. The van der Waals surface area contributed by atoms with Gasteiger partial charge in [0, 0.05) is 11.8 Å². The van der Waals surface area contributed by atoms with Crippen LogP contribution in [0.25, 0.3) is 27.1 Å². The SMILES string of the molecule is Fc1cccc(-c2nnc3sc(-c4ccn[nH]4)nn23)c1. The largest absolute Gasteiger partial charge is 0.275 e. The van der Waals surface area contributed by atoms with Gasteiger partial charge in [-0.05, 0) is 18.2 Å². The second-order valence-electron chi connectivity index (χ2n) is 4.11. The standard InChI is InChI=1S/C12H7FN6S/c13-8-3-1-2-7(6-8)10-16-17-12-19(10)18-11(20-12)9-4-5-14-15-9/h1-6H,(H,14,15). The van der Waals surface area contributed by atoms with Crippen LogP contribution in [0.5, 0.6) is 0 Å². The van der Waals surface area contributed by atoms with E-state index < -0.39 is 0 Å². The Hall–Kier alpha value is -2.61. The summed E-state index contributed by atoms with van der Waals surface area (Å²) in [4.78, 5) is 0.647. The Balaban J connectivity index is 1.89. The van der Waals surface area contributed by atoms with Crippen molar-refractivity contribution in [3.05, 3.63) is 42.3 Å². The molecule has 0 saturated heterocycles. The molecule has 0 bridgehead atoms. The summed E-state index contributed by atoms with van der Waals surface area (Å²) in [5.74, 6) is 0.199. The zero-order chi connectivity index (χ0) is 13.5. The van der Waals surface area contributed by atoms with Crippen molar-refractivity contribution in [2.75, 3.05) is 0 Å². The van der Waals surface area contributed by atoms with Gasteiger partial charge in [0.25, 0.3) is 0 Å². The van der Waals surface area contributed by atoms with Crippen LogP contribution in [0.2, 0.25) is 0 Å². The highest BCUT2D eigenvalue weighted by molar-refractivity contribution is 7.19. The van der Waals surface area contributed by atoms with Crippen molar-refractivity contribution in [1.82, 2.24) is 30.0 Å². The summed E-state index contributed by atoms with van der Waals surface area (Å²) >= 11 is 1.39. The second kappa shape index (κ2) is 4.20. The summed E-state index contributed by atoms with van der Waals surface area (Å²) in [7, 11) is 0. The minimum absolute atomic E-state index is 0.316. The molecule has 98 valence electrons. The lowest BCUT2D eigenvalue weighted by Gasteiger charge is -1.96. The Kier molecular flexibility index (Phi) is 2.36. The maximum Gasteiger partial charge on any atom is 0.235 e. The van der Waals surface area contributed by atoms with Crippen LogP contribution in [0.3, 0.4) is 0 Å². The molecule has 0 aliphatic carbocycles. The summed E-state index contributed by atoms with van der Waals surface area (Å²) in [6, 6.07) is 8.03. The number of halogens is 1. The van der Waals surface area contributed by atoms with Crippen molar-refractivity contribution in [3.63, 3.8) is 0 Å². The summed E-state index contributed by atoms with van der Waals surface area (Å²) in [6.07, 6.45) is 1.66. The van der Waals surface area contributed by atoms with Gasteiger partial charge in [-0.25, -0.2) is 4.39 Å². The molecule has 0 spiro atoms. The lowest BCUT2D eigenvalue weighted by molar-refractivity contribution is 0.628. The third-order valence-corrected chi connectivity index (χ3v) is 3.74. The van der Waals surface area contributed by atoms with Crippen LogP contribution in [-0.4, -0.2) is 30.0 Å². The normalized spacial score (nSPS) is 11.2. The predicted octanol–water partition coefficient (Wildman–Crippen LogP) is 2.38. The van der Waals surface area contributed by atoms with Gasteiger partial charge >= 0.3 is 0 Å².